The third-order valence-corrected chi connectivity index (χ3v) is 4.72. The van der Waals surface area contributed by atoms with E-state index in [9.17, 15) is 4.79 Å². The molecule has 1 amide bonds. The van der Waals surface area contributed by atoms with E-state index in [0.717, 1.165) is 11.5 Å². The van der Waals surface area contributed by atoms with Crippen LogP contribution >= 0.6 is 0 Å². The van der Waals surface area contributed by atoms with Crippen molar-refractivity contribution in [2.45, 2.75) is 31.7 Å². The molecule has 0 aromatic carbocycles. The Kier molecular flexibility index (Phi) is 4.88. The van der Waals surface area contributed by atoms with Crippen LogP contribution in [0.5, 0.6) is 5.75 Å². The third-order valence-electron chi connectivity index (χ3n) is 4.72. The van der Waals surface area contributed by atoms with Gasteiger partial charge in [-0.25, -0.2) is 9.78 Å². The lowest BCUT2D eigenvalue weighted by molar-refractivity contribution is 0.176. The number of nitrogens with zero attached hydrogens (tertiary/aromatic N) is 5. The van der Waals surface area contributed by atoms with E-state index in [4.69, 9.17) is 9.84 Å². The highest BCUT2D eigenvalue weighted by Crippen LogP contribution is 2.38. The summed E-state index contributed by atoms with van der Waals surface area (Å²) in [5, 5.41) is 20.2. The van der Waals surface area contributed by atoms with Crippen molar-refractivity contribution in [1.29, 1.82) is 0 Å². The SMILES string of the molecule is CCOc1ccc(-c2nnc([C@H]3C[C@H](NC(=O)O)C3)n2-c2ccncc2)nc1. The van der Waals surface area contributed by atoms with Crippen LogP contribution in [0.2, 0.25) is 0 Å². The van der Waals surface area contributed by atoms with Gasteiger partial charge in [-0.1, -0.05) is 0 Å². The zero-order valence-corrected chi connectivity index (χ0v) is 15.3. The Morgan fingerprint density at radius 2 is 2.04 bits per heavy atom. The molecule has 144 valence electrons. The quantitative estimate of drug-likeness (QED) is 0.675. The topological polar surface area (TPSA) is 115 Å². The van der Waals surface area contributed by atoms with Crippen LogP contribution in [0.1, 0.15) is 31.5 Å². The van der Waals surface area contributed by atoms with Gasteiger partial charge in [0.2, 0.25) is 0 Å². The smallest absolute Gasteiger partial charge is 0.404 e. The maximum Gasteiger partial charge on any atom is 0.404 e. The van der Waals surface area contributed by atoms with Crippen LogP contribution in [0.4, 0.5) is 4.79 Å². The number of pyridine rings is 2. The minimum Gasteiger partial charge on any atom is -0.492 e. The van der Waals surface area contributed by atoms with Gasteiger partial charge in [-0.2, -0.15) is 0 Å². The van der Waals surface area contributed by atoms with Crippen molar-refractivity contribution in [3.05, 3.63) is 48.7 Å². The second kappa shape index (κ2) is 7.63. The average molecular weight is 380 g/mol. The van der Waals surface area contributed by atoms with Gasteiger partial charge >= 0.3 is 6.09 Å². The number of carboxylic acid groups (broad SMARTS) is 1. The first-order chi connectivity index (χ1) is 13.7. The van der Waals surface area contributed by atoms with Crippen molar-refractivity contribution in [1.82, 2.24) is 30.0 Å². The number of carbonyl (C=O) groups is 1. The van der Waals surface area contributed by atoms with Crippen molar-refractivity contribution < 1.29 is 14.6 Å². The van der Waals surface area contributed by atoms with Gasteiger partial charge in [0.1, 0.15) is 17.3 Å². The molecule has 0 spiro atoms. The van der Waals surface area contributed by atoms with Gasteiger partial charge in [-0.3, -0.25) is 9.55 Å². The van der Waals surface area contributed by atoms with Crippen LogP contribution in [0, 0.1) is 0 Å². The Hall–Kier alpha value is -3.49. The van der Waals surface area contributed by atoms with Crippen molar-refractivity contribution in [2.75, 3.05) is 6.61 Å². The zero-order chi connectivity index (χ0) is 19.5. The molecule has 0 radical (unpaired) electrons. The molecule has 4 rings (SSSR count). The molecular weight excluding hydrogens is 360 g/mol. The molecule has 28 heavy (non-hydrogen) atoms. The van der Waals surface area contributed by atoms with Gasteiger partial charge in [0.25, 0.3) is 0 Å². The van der Waals surface area contributed by atoms with Gasteiger partial charge < -0.3 is 15.2 Å². The summed E-state index contributed by atoms with van der Waals surface area (Å²) in [7, 11) is 0. The summed E-state index contributed by atoms with van der Waals surface area (Å²) in [4.78, 5) is 19.4. The molecule has 9 nitrogen and oxygen atoms in total. The Labute approximate surface area is 161 Å². The van der Waals surface area contributed by atoms with Gasteiger partial charge in [0.05, 0.1) is 18.5 Å². The molecule has 3 heterocycles. The summed E-state index contributed by atoms with van der Waals surface area (Å²) < 4.78 is 7.42. The fourth-order valence-corrected chi connectivity index (χ4v) is 3.36. The Morgan fingerprint density at radius 3 is 2.68 bits per heavy atom. The zero-order valence-electron chi connectivity index (χ0n) is 15.3. The Morgan fingerprint density at radius 1 is 1.25 bits per heavy atom. The van der Waals surface area contributed by atoms with E-state index >= 15 is 0 Å². The minimum atomic E-state index is -1.00. The van der Waals surface area contributed by atoms with E-state index in [1.165, 1.54) is 0 Å². The normalized spacial score (nSPS) is 18.3. The molecule has 1 aliphatic rings. The molecule has 1 fully saturated rings. The summed E-state index contributed by atoms with van der Waals surface area (Å²) in [6.45, 7) is 2.50. The molecule has 3 aromatic rings. The van der Waals surface area contributed by atoms with E-state index in [0.29, 0.717) is 36.7 Å². The maximum atomic E-state index is 10.8. The highest BCUT2D eigenvalue weighted by Gasteiger charge is 2.36. The fourth-order valence-electron chi connectivity index (χ4n) is 3.36. The average Bonchev–Trinajstić information content (AvgIpc) is 3.10. The van der Waals surface area contributed by atoms with Gasteiger partial charge in [-0.05, 0) is 44.0 Å². The fraction of sp³-hybridized carbons (Fsp3) is 0.316. The largest absolute Gasteiger partial charge is 0.492 e. The highest BCUT2D eigenvalue weighted by molar-refractivity contribution is 5.65. The molecule has 3 aromatic heterocycles. The first-order valence-electron chi connectivity index (χ1n) is 9.10. The number of aromatic nitrogens is 5. The van der Waals surface area contributed by atoms with Crippen LogP contribution in [0.3, 0.4) is 0 Å². The van der Waals surface area contributed by atoms with Crippen LogP contribution < -0.4 is 10.1 Å². The predicted octanol–water partition coefficient (Wildman–Crippen LogP) is 2.64. The molecule has 0 bridgehead atoms. The molecule has 1 saturated carbocycles. The van der Waals surface area contributed by atoms with Crippen LogP contribution in [0.15, 0.2) is 42.9 Å². The van der Waals surface area contributed by atoms with Gasteiger partial charge in [0.15, 0.2) is 5.82 Å². The van der Waals surface area contributed by atoms with E-state index in [2.05, 4.69) is 25.5 Å². The maximum absolute atomic E-state index is 10.8. The molecule has 0 unspecified atom stereocenters. The van der Waals surface area contributed by atoms with Crippen molar-refractivity contribution in [3.63, 3.8) is 0 Å². The lowest BCUT2D eigenvalue weighted by atomic mass is 9.79. The number of hydrogen-bond donors (Lipinski definition) is 2. The van der Waals surface area contributed by atoms with E-state index < -0.39 is 6.09 Å². The summed E-state index contributed by atoms with van der Waals surface area (Å²) in [5.74, 6) is 2.23. The molecule has 0 aliphatic heterocycles. The second-order valence-electron chi connectivity index (χ2n) is 6.55. The molecule has 1 aliphatic carbocycles. The minimum absolute atomic E-state index is 0.0582. The van der Waals surface area contributed by atoms with E-state index in [-0.39, 0.29) is 12.0 Å². The molecule has 0 saturated heterocycles. The first-order valence-corrected chi connectivity index (χ1v) is 9.10. The van der Waals surface area contributed by atoms with Crippen molar-refractivity contribution >= 4 is 6.09 Å². The van der Waals surface area contributed by atoms with E-state index in [1.54, 1.807) is 18.6 Å². The van der Waals surface area contributed by atoms with Crippen LogP contribution in [0.25, 0.3) is 17.2 Å². The predicted molar refractivity (Wildman–Crippen MR) is 100 cm³/mol. The summed E-state index contributed by atoms with van der Waals surface area (Å²) >= 11 is 0. The number of amides is 1. The van der Waals surface area contributed by atoms with E-state index in [1.807, 2.05) is 35.8 Å². The summed E-state index contributed by atoms with van der Waals surface area (Å²) in [5.41, 5.74) is 1.56. The van der Waals surface area contributed by atoms with Gasteiger partial charge in [0, 0.05) is 24.4 Å². The summed E-state index contributed by atoms with van der Waals surface area (Å²) in [6.07, 6.45) is 5.46. The highest BCUT2D eigenvalue weighted by atomic mass is 16.5. The molecule has 0 atom stereocenters. The number of rotatable bonds is 6. The second-order valence-corrected chi connectivity index (χ2v) is 6.55. The molecule has 2 N–H and O–H groups in total. The third kappa shape index (κ3) is 3.51. The number of nitrogens with one attached hydrogen (secondary N) is 1. The first kappa shape index (κ1) is 17.9. The lowest BCUT2D eigenvalue weighted by Gasteiger charge is -2.34. The van der Waals surface area contributed by atoms with Crippen LogP contribution in [-0.2, 0) is 0 Å². The molecular formula is C19H20N6O3. The Bertz CT molecular complexity index is 952. The van der Waals surface area contributed by atoms with Crippen molar-refractivity contribution in [3.8, 4) is 23.0 Å². The number of hydrogen-bond acceptors (Lipinski definition) is 6. The lowest BCUT2D eigenvalue weighted by Crippen LogP contribution is -2.43. The van der Waals surface area contributed by atoms with Gasteiger partial charge in [-0.15, -0.1) is 10.2 Å². The van der Waals surface area contributed by atoms with Crippen LogP contribution in [-0.4, -0.2) is 48.6 Å². The monoisotopic (exact) mass is 380 g/mol. The number of ether oxygens (including phenoxy) is 1. The van der Waals surface area contributed by atoms with Crippen molar-refractivity contribution in [2.24, 2.45) is 0 Å². The summed E-state index contributed by atoms with van der Waals surface area (Å²) in [6, 6.07) is 7.42. The standard InChI is InChI=1S/C19H20N6O3/c1-2-28-15-3-4-16(21-11-15)18-24-23-17(12-9-13(10-12)22-19(26)27)25(18)14-5-7-20-8-6-14/h3-8,11-13,22H,2,9-10H2,1H3,(H,26,27)/t12-,13-. The Balaban J connectivity index is 1.68. The molecule has 9 heteroatoms.